The molecule has 4 heterocycles. The minimum atomic E-state index is -0.329. The molecule has 0 unspecified atom stereocenters. The molecule has 7 aromatic rings. The molecule has 234 valence electrons. The lowest BCUT2D eigenvalue weighted by atomic mass is 9.84. The predicted octanol–water partition coefficient (Wildman–Crippen LogP) is 6.46. The Morgan fingerprint density at radius 2 is 1.19 bits per heavy atom. The third kappa shape index (κ3) is 6.35. The van der Waals surface area contributed by atoms with Gasteiger partial charge in [-0.25, -0.2) is 10.9 Å². The molecule has 4 N–H and O–H groups in total. The van der Waals surface area contributed by atoms with Crippen LogP contribution in [0.15, 0.2) is 132 Å². The SMILES string of the molecule is Cc1ccc(C(c2c[nH]c3ccc(C(=O)N/N=C/c4cccnc4)cc23)c2c[nH]c3ccc(C(=O)N/N=C/c4cccnc4)cc23)cc1. The van der Waals surface area contributed by atoms with E-state index < -0.39 is 0 Å². The van der Waals surface area contributed by atoms with Crippen molar-refractivity contribution in [2.45, 2.75) is 12.8 Å². The number of aromatic amines is 2. The van der Waals surface area contributed by atoms with Gasteiger partial charge in [0.25, 0.3) is 11.8 Å². The van der Waals surface area contributed by atoms with Crippen molar-refractivity contribution in [1.82, 2.24) is 30.8 Å². The quantitative estimate of drug-likeness (QED) is 0.107. The normalized spacial score (nSPS) is 11.6. The molecule has 2 amide bonds. The summed E-state index contributed by atoms with van der Waals surface area (Å²) in [6.07, 6.45) is 13.8. The van der Waals surface area contributed by atoms with Crippen LogP contribution in [-0.2, 0) is 0 Å². The zero-order chi connectivity index (χ0) is 32.9. The van der Waals surface area contributed by atoms with Gasteiger partial charge >= 0.3 is 0 Å². The molecular formula is C38H30N8O2. The van der Waals surface area contributed by atoms with Gasteiger partial charge in [-0.15, -0.1) is 0 Å². The molecule has 0 saturated carbocycles. The van der Waals surface area contributed by atoms with Gasteiger partial charge in [-0.2, -0.15) is 10.2 Å². The second-order valence-electron chi connectivity index (χ2n) is 11.3. The third-order valence-corrected chi connectivity index (χ3v) is 8.11. The Kier molecular flexibility index (Phi) is 8.35. The Labute approximate surface area is 275 Å². The van der Waals surface area contributed by atoms with Crippen LogP contribution in [0.1, 0.15) is 60.0 Å². The van der Waals surface area contributed by atoms with E-state index in [-0.39, 0.29) is 17.7 Å². The Hall–Kier alpha value is -6.68. The number of amides is 2. The van der Waals surface area contributed by atoms with E-state index >= 15 is 0 Å². The van der Waals surface area contributed by atoms with Crippen molar-refractivity contribution in [3.8, 4) is 0 Å². The highest BCUT2D eigenvalue weighted by Crippen LogP contribution is 2.40. The molecule has 0 aliphatic heterocycles. The average Bonchev–Trinajstić information content (AvgIpc) is 3.74. The maximum Gasteiger partial charge on any atom is 0.271 e. The number of nitrogens with one attached hydrogen (secondary N) is 4. The van der Waals surface area contributed by atoms with Gasteiger partial charge in [-0.1, -0.05) is 42.0 Å². The van der Waals surface area contributed by atoms with Gasteiger partial charge in [-0.3, -0.25) is 19.6 Å². The predicted molar refractivity (Wildman–Crippen MR) is 187 cm³/mol. The van der Waals surface area contributed by atoms with Crippen molar-refractivity contribution in [2.24, 2.45) is 10.2 Å². The summed E-state index contributed by atoms with van der Waals surface area (Å²) in [6, 6.07) is 26.8. The van der Waals surface area contributed by atoms with Gasteiger partial charge in [0.05, 0.1) is 12.4 Å². The van der Waals surface area contributed by atoms with Crippen LogP contribution in [0.4, 0.5) is 0 Å². The maximum absolute atomic E-state index is 13.1. The highest BCUT2D eigenvalue weighted by atomic mass is 16.2. The highest BCUT2D eigenvalue weighted by molar-refractivity contribution is 6.01. The van der Waals surface area contributed by atoms with Gasteiger partial charge in [0.2, 0.25) is 0 Å². The summed E-state index contributed by atoms with van der Waals surface area (Å²) in [6.45, 7) is 2.06. The lowest BCUT2D eigenvalue weighted by Crippen LogP contribution is -2.17. The zero-order valence-corrected chi connectivity index (χ0v) is 25.9. The molecule has 0 fully saturated rings. The first kappa shape index (κ1) is 30.0. The van der Waals surface area contributed by atoms with Crippen molar-refractivity contribution in [2.75, 3.05) is 0 Å². The zero-order valence-electron chi connectivity index (χ0n) is 25.9. The smallest absolute Gasteiger partial charge is 0.271 e. The molecule has 0 saturated heterocycles. The second kappa shape index (κ2) is 13.4. The number of pyridine rings is 2. The summed E-state index contributed by atoms with van der Waals surface area (Å²) in [4.78, 5) is 41.2. The molecule has 0 aliphatic carbocycles. The highest BCUT2D eigenvalue weighted by Gasteiger charge is 2.24. The van der Waals surface area contributed by atoms with Crippen molar-refractivity contribution in [3.05, 3.63) is 167 Å². The number of aromatic nitrogens is 4. The molecule has 10 nitrogen and oxygen atoms in total. The Balaban J connectivity index is 1.24. The Bertz CT molecular complexity index is 2150. The molecule has 4 aromatic heterocycles. The summed E-state index contributed by atoms with van der Waals surface area (Å²) >= 11 is 0. The molecular weight excluding hydrogens is 600 g/mol. The minimum absolute atomic E-state index is 0.225. The van der Waals surface area contributed by atoms with E-state index in [2.05, 4.69) is 72.2 Å². The van der Waals surface area contributed by atoms with Crippen LogP contribution in [0.5, 0.6) is 0 Å². The van der Waals surface area contributed by atoms with E-state index in [9.17, 15) is 9.59 Å². The van der Waals surface area contributed by atoms with Crippen LogP contribution in [0, 0.1) is 6.92 Å². The van der Waals surface area contributed by atoms with E-state index in [1.165, 1.54) is 0 Å². The van der Waals surface area contributed by atoms with Crippen molar-refractivity contribution in [1.29, 1.82) is 0 Å². The standard InChI is InChI=1S/C38H30N8O2/c1-24-6-8-27(9-7-24)36(32-22-41-34-12-10-28(16-30(32)34)37(47)45-43-20-25-4-2-14-39-18-25)33-23-42-35-13-11-29(17-31(33)35)38(48)46-44-21-26-5-3-15-40-19-26/h2-23,36,41-42H,1H3,(H,45,47)(H,46,48)/b43-20+,44-21+. The largest absolute Gasteiger partial charge is 0.361 e. The number of hydrogen-bond acceptors (Lipinski definition) is 6. The minimum Gasteiger partial charge on any atom is -0.361 e. The fourth-order valence-corrected chi connectivity index (χ4v) is 5.69. The number of fused-ring (bicyclic) bond motifs is 2. The van der Waals surface area contributed by atoms with Crippen molar-refractivity contribution < 1.29 is 9.59 Å². The number of hydrazone groups is 2. The van der Waals surface area contributed by atoms with Crippen molar-refractivity contribution in [3.63, 3.8) is 0 Å². The van der Waals surface area contributed by atoms with Crippen LogP contribution in [-0.4, -0.2) is 44.2 Å². The average molecular weight is 631 g/mol. The first-order valence-electron chi connectivity index (χ1n) is 15.3. The summed E-state index contributed by atoms with van der Waals surface area (Å²) in [5.74, 6) is -0.882. The van der Waals surface area contributed by atoms with E-state index in [0.29, 0.717) is 11.1 Å². The van der Waals surface area contributed by atoms with Gasteiger partial charge < -0.3 is 9.97 Å². The maximum atomic E-state index is 13.1. The van der Waals surface area contributed by atoms with Crippen LogP contribution in [0.2, 0.25) is 0 Å². The summed E-state index contributed by atoms with van der Waals surface area (Å²) in [7, 11) is 0. The fourth-order valence-electron chi connectivity index (χ4n) is 5.69. The molecule has 7 rings (SSSR count). The fraction of sp³-hybridized carbons (Fsp3) is 0.0526. The number of nitrogens with zero attached hydrogens (tertiary/aromatic N) is 4. The number of rotatable bonds is 9. The van der Waals surface area contributed by atoms with Gasteiger partial charge in [-0.05, 0) is 72.1 Å². The Morgan fingerprint density at radius 1 is 0.688 bits per heavy atom. The van der Waals surface area contributed by atoms with E-state index in [1.54, 1.807) is 61.5 Å². The molecule has 0 spiro atoms. The number of carbonyl (C=O) groups is 2. The summed E-state index contributed by atoms with van der Waals surface area (Å²) < 4.78 is 0. The molecule has 48 heavy (non-hydrogen) atoms. The number of carbonyl (C=O) groups excluding carboxylic acids is 2. The Morgan fingerprint density at radius 3 is 1.65 bits per heavy atom. The lowest BCUT2D eigenvalue weighted by molar-refractivity contribution is 0.0947. The summed E-state index contributed by atoms with van der Waals surface area (Å²) in [5, 5.41) is 10.0. The van der Waals surface area contributed by atoms with E-state index in [0.717, 1.165) is 55.2 Å². The van der Waals surface area contributed by atoms with Crippen LogP contribution in [0.25, 0.3) is 21.8 Å². The van der Waals surface area contributed by atoms with Crippen LogP contribution in [0.3, 0.4) is 0 Å². The second-order valence-corrected chi connectivity index (χ2v) is 11.3. The monoisotopic (exact) mass is 630 g/mol. The number of aryl methyl sites for hydroxylation is 1. The van der Waals surface area contributed by atoms with Crippen LogP contribution >= 0.6 is 0 Å². The number of hydrogen-bond donors (Lipinski definition) is 4. The first-order valence-corrected chi connectivity index (χ1v) is 15.3. The third-order valence-electron chi connectivity index (χ3n) is 8.11. The molecule has 3 aromatic carbocycles. The molecule has 10 heteroatoms. The number of benzene rings is 3. The molecule has 0 aliphatic rings. The van der Waals surface area contributed by atoms with Crippen LogP contribution < -0.4 is 10.9 Å². The van der Waals surface area contributed by atoms with Gasteiger partial charge in [0.1, 0.15) is 0 Å². The lowest BCUT2D eigenvalue weighted by Gasteiger charge is -2.18. The molecule has 0 bridgehead atoms. The topological polar surface area (TPSA) is 140 Å². The first-order chi connectivity index (χ1) is 23.5. The van der Waals surface area contributed by atoms with Gasteiger partial charge in [0, 0.05) is 87.2 Å². The van der Waals surface area contributed by atoms with Gasteiger partial charge in [0.15, 0.2) is 0 Å². The summed E-state index contributed by atoms with van der Waals surface area (Å²) in [5.41, 5.74) is 13.7. The van der Waals surface area contributed by atoms with Crippen molar-refractivity contribution >= 4 is 46.0 Å². The van der Waals surface area contributed by atoms with E-state index in [4.69, 9.17) is 0 Å². The van der Waals surface area contributed by atoms with E-state index in [1.807, 2.05) is 48.8 Å². The molecule has 0 atom stereocenters. The molecule has 0 radical (unpaired) electrons. The number of H-pyrrole nitrogens is 2.